The Morgan fingerprint density at radius 1 is 1.32 bits per heavy atom. The minimum atomic E-state index is -1.21. The van der Waals surface area contributed by atoms with Gasteiger partial charge in [0.25, 0.3) is 5.91 Å². The fourth-order valence-electron chi connectivity index (χ4n) is 5.13. The monoisotopic (exact) mass is 602 g/mol. The van der Waals surface area contributed by atoms with Crippen molar-refractivity contribution in [3.8, 4) is 0 Å². The number of allylic oxidation sites excluding steroid dienone is 2. The van der Waals surface area contributed by atoms with Crippen LogP contribution in [0.15, 0.2) is 49.6 Å². The molecule has 3 unspecified atom stereocenters. The minimum Gasteiger partial charge on any atom is -0.477 e. The maximum atomic E-state index is 13.4. The van der Waals surface area contributed by atoms with Crippen molar-refractivity contribution < 1.29 is 24.7 Å². The van der Waals surface area contributed by atoms with Crippen LogP contribution in [0.25, 0.3) is 0 Å². The molecule has 0 bridgehead atoms. The lowest BCUT2D eigenvalue weighted by molar-refractivity contribution is -0.139. The summed E-state index contributed by atoms with van der Waals surface area (Å²) < 4.78 is 0.596. The van der Waals surface area contributed by atoms with E-state index < -0.39 is 29.8 Å². The molecule has 2 aromatic heterocycles. The van der Waals surface area contributed by atoms with Crippen LogP contribution in [0.3, 0.4) is 0 Å². The number of hydrogen-bond acceptors (Lipinski definition) is 13. The second-order valence-electron chi connectivity index (χ2n) is 9.34. The van der Waals surface area contributed by atoms with Crippen LogP contribution in [-0.2, 0) is 20.1 Å². The van der Waals surface area contributed by atoms with Crippen molar-refractivity contribution >= 4 is 64.2 Å². The second kappa shape index (κ2) is 11.6. The zero-order valence-electron chi connectivity index (χ0n) is 21.2. The van der Waals surface area contributed by atoms with Crippen LogP contribution < -0.4 is 16.8 Å². The highest BCUT2D eigenvalue weighted by Crippen LogP contribution is 2.54. The van der Waals surface area contributed by atoms with Crippen LogP contribution >= 0.6 is 34.9 Å². The molecule has 3 aliphatic rings. The molecule has 16 heteroatoms. The number of amides is 2. The van der Waals surface area contributed by atoms with Gasteiger partial charge < -0.3 is 27.1 Å². The number of nitrogens with zero attached hydrogens (tertiary/aromatic N) is 5. The topological polar surface area (TPSA) is 210 Å². The van der Waals surface area contributed by atoms with E-state index in [2.05, 4.69) is 25.7 Å². The zero-order chi connectivity index (χ0) is 28.6. The molecule has 2 fully saturated rings. The van der Waals surface area contributed by atoms with Crippen molar-refractivity contribution in [1.82, 2.24) is 25.4 Å². The largest absolute Gasteiger partial charge is 0.477 e. The van der Waals surface area contributed by atoms with E-state index in [1.165, 1.54) is 40.1 Å². The molecule has 1 aliphatic carbocycles. The smallest absolute Gasteiger partial charge is 0.353 e. The maximum Gasteiger partial charge on any atom is 0.353 e. The van der Waals surface area contributed by atoms with Crippen LogP contribution in [0, 0.1) is 11.8 Å². The van der Waals surface area contributed by atoms with Gasteiger partial charge >= 0.3 is 5.97 Å². The Bertz CT molecular complexity index is 1470. The van der Waals surface area contributed by atoms with Crippen molar-refractivity contribution in [3.63, 3.8) is 0 Å². The van der Waals surface area contributed by atoms with Crippen molar-refractivity contribution in [2.24, 2.45) is 22.7 Å². The summed E-state index contributed by atoms with van der Waals surface area (Å²) in [7, 11) is 0. The van der Waals surface area contributed by atoms with Gasteiger partial charge in [0.15, 0.2) is 10.1 Å². The maximum absolute atomic E-state index is 13.4. The number of thioether (sulfide) groups is 2. The molecule has 2 amide bonds. The molecule has 2 aliphatic heterocycles. The number of oxime groups is 1. The molecule has 210 valence electrons. The third kappa shape index (κ3) is 5.18. The number of nitrogens with two attached hydrogens (primary N) is 2. The third-order valence-corrected chi connectivity index (χ3v) is 10.1. The van der Waals surface area contributed by atoms with Gasteiger partial charge in [0, 0.05) is 47.0 Å². The Labute approximate surface area is 241 Å². The Morgan fingerprint density at radius 2 is 2.12 bits per heavy atom. The van der Waals surface area contributed by atoms with E-state index >= 15 is 0 Å². The van der Waals surface area contributed by atoms with Gasteiger partial charge in [0.2, 0.25) is 5.91 Å². The number of hydrogen-bond donors (Lipinski definition) is 5. The normalized spacial score (nSPS) is 22.2. The highest BCUT2D eigenvalue weighted by Gasteiger charge is 2.59. The lowest BCUT2D eigenvalue weighted by Crippen LogP contribution is -2.54. The molecular formula is C24H26N8O5S3. The summed E-state index contributed by atoms with van der Waals surface area (Å²) in [5.41, 5.74) is 12.4. The highest BCUT2D eigenvalue weighted by molar-refractivity contribution is 8.04. The van der Waals surface area contributed by atoms with Crippen molar-refractivity contribution in [1.29, 1.82) is 0 Å². The van der Waals surface area contributed by atoms with Crippen LogP contribution in [-0.4, -0.2) is 72.2 Å². The predicted molar refractivity (Wildman–Crippen MR) is 150 cm³/mol. The van der Waals surface area contributed by atoms with Gasteiger partial charge in [-0.05, 0) is 31.1 Å². The molecule has 3 atom stereocenters. The molecule has 0 spiro atoms. The molecule has 13 nitrogen and oxygen atoms in total. The number of pyridine rings is 1. The van der Waals surface area contributed by atoms with E-state index in [0.29, 0.717) is 40.1 Å². The first-order chi connectivity index (χ1) is 19.2. The van der Waals surface area contributed by atoms with Crippen LogP contribution in [0.5, 0.6) is 0 Å². The number of rotatable bonds is 10. The fraction of sp³-hybridized carbons (Fsp3) is 0.375. The fourth-order valence-corrected chi connectivity index (χ4v) is 8.14. The number of fused-ring (bicyclic) bond motifs is 3. The summed E-state index contributed by atoms with van der Waals surface area (Å²) in [5, 5.41) is 34.8. The number of aliphatic carboxylic acids is 1. The van der Waals surface area contributed by atoms with Gasteiger partial charge in [0.05, 0.1) is 5.92 Å². The number of nitrogen functional groups attached to an aromatic ring is 1. The van der Waals surface area contributed by atoms with E-state index in [1.807, 2.05) is 6.92 Å². The SMILES string of the molecule is CC1=C2C3C(NC(=O)/C(=N\O)c4cccc(N)n4)CC3C(=O)N2C(C(=O)O)=C(Sc2nnc(CSCCN)s2)C1. The third-order valence-electron chi connectivity index (χ3n) is 6.81. The molecule has 5 rings (SSSR count). The Morgan fingerprint density at radius 3 is 2.83 bits per heavy atom. The molecule has 2 aromatic rings. The number of carbonyl (C=O) groups is 3. The van der Waals surface area contributed by atoms with Crippen LogP contribution in [0.1, 0.15) is 30.5 Å². The average molecular weight is 603 g/mol. The van der Waals surface area contributed by atoms with E-state index in [9.17, 15) is 24.7 Å². The van der Waals surface area contributed by atoms with Crippen LogP contribution in [0.2, 0.25) is 0 Å². The van der Waals surface area contributed by atoms with Gasteiger partial charge in [-0.2, -0.15) is 11.8 Å². The summed E-state index contributed by atoms with van der Waals surface area (Å²) >= 11 is 4.24. The van der Waals surface area contributed by atoms with Gasteiger partial charge in [-0.25, -0.2) is 9.78 Å². The highest BCUT2D eigenvalue weighted by atomic mass is 32.2. The Hall–Kier alpha value is -3.47. The second-order valence-corrected chi connectivity index (χ2v) is 12.9. The summed E-state index contributed by atoms with van der Waals surface area (Å²) in [6.45, 7) is 2.43. The van der Waals surface area contributed by atoms with E-state index in [1.54, 1.807) is 17.8 Å². The standard InChI is InChI=1S/C24H26N8O5S3/c1-10-7-14(39-24-30-29-16(40-24)9-38-6-5-25)20(23(35)36)32-19(10)17-11(22(32)34)8-13(17)28-21(33)18(31-37)12-3-2-4-15(26)27-12/h2-4,11,13,17,37H,5-9,25H2,1H3,(H2,26,27)(H,28,33)(H,35,36)/b31-18-. The minimum absolute atomic E-state index is 0.0918. The number of carboxylic acid groups (broad SMARTS) is 1. The molecule has 0 radical (unpaired) electrons. The molecule has 1 saturated heterocycles. The average Bonchev–Trinajstić information content (AvgIpc) is 3.43. The van der Waals surface area contributed by atoms with E-state index in [4.69, 9.17) is 11.5 Å². The molecular weight excluding hydrogens is 577 g/mol. The molecule has 7 N–H and O–H groups in total. The first-order valence-electron chi connectivity index (χ1n) is 12.3. The Balaban J connectivity index is 1.35. The number of aromatic nitrogens is 3. The lowest BCUT2D eigenvalue weighted by atomic mass is 9.69. The predicted octanol–water partition coefficient (Wildman–Crippen LogP) is 1.61. The molecule has 40 heavy (non-hydrogen) atoms. The first-order valence-corrected chi connectivity index (χ1v) is 15.1. The van der Waals surface area contributed by atoms with Crippen molar-refractivity contribution in [2.45, 2.75) is 35.9 Å². The zero-order valence-corrected chi connectivity index (χ0v) is 23.7. The van der Waals surface area contributed by atoms with E-state index in [0.717, 1.165) is 16.3 Å². The summed E-state index contributed by atoms with van der Waals surface area (Å²) in [6.07, 6.45) is 0.643. The number of anilines is 1. The van der Waals surface area contributed by atoms with Gasteiger partial charge in [-0.1, -0.05) is 34.3 Å². The van der Waals surface area contributed by atoms with Gasteiger partial charge in [0.1, 0.15) is 22.2 Å². The lowest BCUT2D eigenvalue weighted by Gasteiger charge is -2.40. The van der Waals surface area contributed by atoms with Crippen LogP contribution in [0.4, 0.5) is 5.82 Å². The number of carbonyl (C=O) groups excluding carboxylic acids is 2. The summed E-state index contributed by atoms with van der Waals surface area (Å²) in [6, 6.07) is 4.15. The molecule has 1 saturated carbocycles. The summed E-state index contributed by atoms with van der Waals surface area (Å²) in [4.78, 5) is 44.7. The van der Waals surface area contributed by atoms with Crippen molar-refractivity contribution in [3.05, 3.63) is 50.8 Å². The first kappa shape index (κ1) is 28.1. The summed E-state index contributed by atoms with van der Waals surface area (Å²) in [5.74, 6) is -1.45. The van der Waals surface area contributed by atoms with Gasteiger partial charge in [-0.15, -0.1) is 10.2 Å². The van der Waals surface area contributed by atoms with E-state index in [-0.39, 0.29) is 28.8 Å². The molecule has 4 heterocycles. The van der Waals surface area contributed by atoms with Gasteiger partial charge in [-0.3, -0.25) is 14.5 Å². The quantitative estimate of drug-likeness (QED) is 0.114. The number of carboxylic acids is 1. The van der Waals surface area contributed by atoms with Crippen molar-refractivity contribution in [2.75, 3.05) is 18.0 Å². The molecule has 0 aromatic carbocycles. The Kier molecular flexibility index (Phi) is 8.11. The number of nitrogens with one attached hydrogen (secondary N) is 1.